The van der Waals surface area contributed by atoms with Crippen LogP contribution >= 0.6 is 0 Å². The van der Waals surface area contributed by atoms with Gasteiger partial charge in [0, 0.05) is 31.0 Å². The fourth-order valence-corrected chi connectivity index (χ4v) is 2.28. The molecular formula is C15H23N3O. The van der Waals surface area contributed by atoms with E-state index in [2.05, 4.69) is 34.6 Å². The first-order valence-corrected chi connectivity index (χ1v) is 7.19. The van der Waals surface area contributed by atoms with Gasteiger partial charge in [-0.1, -0.05) is 13.3 Å². The second kappa shape index (κ2) is 7.02. The lowest BCUT2D eigenvalue weighted by Gasteiger charge is -2.17. The summed E-state index contributed by atoms with van der Waals surface area (Å²) in [6.07, 6.45) is 4.66. The van der Waals surface area contributed by atoms with Crippen LogP contribution in [0.4, 0.5) is 16.2 Å². The summed E-state index contributed by atoms with van der Waals surface area (Å²) in [6, 6.07) is 7.96. The molecule has 1 heterocycles. The molecule has 1 saturated heterocycles. The van der Waals surface area contributed by atoms with Gasteiger partial charge in [0.1, 0.15) is 0 Å². The molecule has 0 aliphatic carbocycles. The number of hydrogen-bond donors (Lipinski definition) is 2. The molecule has 2 amide bonds. The van der Waals surface area contributed by atoms with Crippen LogP contribution in [0, 0.1) is 0 Å². The maximum Gasteiger partial charge on any atom is 0.319 e. The SMILES string of the molecule is CCCCNC(=O)Nc1ccc(N2CCCC2)cc1. The van der Waals surface area contributed by atoms with E-state index in [1.165, 1.54) is 18.5 Å². The number of urea groups is 1. The zero-order chi connectivity index (χ0) is 13.5. The third-order valence-corrected chi connectivity index (χ3v) is 3.41. The fraction of sp³-hybridized carbons (Fsp3) is 0.533. The summed E-state index contributed by atoms with van der Waals surface area (Å²) in [5.41, 5.74) is 2.09. The summed E-state index contributed by atoms with van der Waals surface area (Å²) in [6.45, 7) is 5.12. The number of carbonyl (C=O) groups is 1. The molecule has 4 nitrogen and oxygen atoms in total. The predicted octanol–water partition coefficient (Wildman–Crippen LogP) is 3.21. The third kappa shape index (κ3) is 4.16. The van der Waals surface area contributed by atoms with E-state index in [0.29, 0.717) is 0 Å². The number of rotatable bonds is 5. The summed E-state index contributed by atoms with van der Waals surface area (Å²) in [5.74, 6) is 0. The monoisotopic (exact) mass is 261 g/mol. The van der Waals surface area contributed by atoms with Gasteiger partial charge < -0.3 is 15.5 Å². The summed E-state index contributed by atoms with van der Waals surface area (Å²) in [5, 5.41) is 5.69. The van der Waals surface area contributed by atoms with Gasteiger partial charge in [-0.25, -0.2) is 4.79 Å². The normalized spacial score (nSPS) is 14.5. The Hall–Kier alpha value is -1.71. The second-order valence-electron chi connectivity index (χ2n) is 4.98. The van der Waals surface area contributed by atoms with Gasteiger partial charge in [0.15, 0.2) is 0 Å². The Labute approximate surface area is 115 Å². The van der Waals surface area contributed by atoms with E-state index in [1.54, 1.807) is 0 Å². The number of benzene rings is 1. The predicted molar refractivity (Wildman–Crippen MR) is 79.8 cm³/mol. The van der Waals surface area contributed by atoms with E-state index < -0.39 is 0 Å². The van der Waals surface area contributed by atoms with Crippen LogP contribution in [0.25, 0.3) is 0 Å². The zero-order valence-electron chi connectivity index (χ0n) is 11.6. The second-order valence-corrected chi connectivity index (χ2v) is 4.98. The average Bonchev–Trinajstić information content (AvgIpc) is 2.94. The Morgan fingerprint density at radius 2 is 1.89 bits per heavy atom. The minimum absolute atomic E-state index is 0.123. The van der Waals surface area contributed by atoms with Gasteiger partial charge in [-0.2, -0.15) is 0 Å². The molecule has 104 valence electrons. The highest BCUT2D eigenvalue weighted by molar-refractivity contribution is 5.89. The molecule has 19 heavy (non-hydrogen) atoms. The lowest BCUT2D eigenvalue weighted by molar-refractivity contribution is 0.252. The molecule has 0 saturated carbocycles. The van der Waals surface area contributed by atoms with Crippen LogP contribution in [0.5, 0.6) is 0 Å². The Balaban J connectivity index is 1.82. The van der Waals surface area contributed by atoms with Crippen LogP contribution < -0.4 is 15.5 Å². The molecule has 0 unspecified atom stereocenters. The lowest BCUT2D eigenvalue weighted by atomic mass is 10.2. The molecule has 0 atom stereocenters. The van der Waals surface area contributed by atoms with Crippen LogP contribution in [0.1, 0.15) is 32.6 Å². The number of hydrogen-bond acceptors (Lipinski definition) is 2. The molecule has 2 N–H and O–H groups in total. The van der Waals surface area contributed by atoms with Crippen LogP contribution in [-0.4, -0.2) is 25.7 Å². The van der Waals surface area contributed by atoms with E-state index in [-0.39, 0.29) is 6.03 Å². The quantitative estimate of drug-likeness (QED) is 0.799. The number of unbranched alkanes of at least 4 members (excludes halogenated alkanes) is 1. The standard InChI is InChI=1S/C15H23N3O/c1-2-3-10-16-15(19)17-13-6-8-14(9-7-13)18-11-4-5-12-18/h6-9H,2-5,10-12H2,1H3,(H2,16,17,19). The smallest absolute Gasteiger partial charge is 0.319 e. The molecule has 0 spiro atoms. The summed E-state index contributed by atoms with van der Waals surface area (Å²) in [7, 11) is 0. The largest absolute Gasteiger partial charge is 0.372 e. The van der Waals surface area contributed by atoms with Gasteiger partial charge in [0.25, 0.3) is 0 Å². The Morgan fingerprint density at radius 1 is 1.21 bits per heavy atom. The van der Waals surface area contributed by atoms with Crippen molar-refractivity contribution in [2.75, 3.05) is 29.9 Å². The van der Waals surface area contributed by atoms with E-state index in [1.807, 2.05) is 12.1 Å². The highest BCUT2D eigenvalue weighted by Gasteiger charge is 2.11. The van der Waals surface area contributed by atoms with Gasteiger partial charge in [-0.3, -0.25) is 0 Å². The van der Waals surface area contributed by atoms with E-state index in [9.17, 15) is 4.79 Å². The maximum absolute atomic E-state index is 11.6. The highest BCUT2D eigenvalue weighted by Crippen LogP contribution is 2.21. The van der Waals surface area contributed by atoms with Crippen molar-refractivity contribution in [2.24, 2.45) is 0 Å². The molecule has 1 aliphatic rings. The molecule has 1 aliphatic heterocycles. The van der Waals surface area contributed by atoms with Gasteiger partial charge in [0.05, 0.1) is 0 Å². The van der Waals surface area contributed by atoms with Crippen LogP contribution in [0.3, 0.4) is 0 Å². The minimum Gasteiger partial charge on any atom is -0.372 e. The van der Waals surface area contributed by atoms with Crippen molar-refractivity contribution >= 4 is 17.4 Å². The molecular weight excluding hydrogens is 238 g/mol. The van der Waals surface area contributed by atoms with E-state index >= 15 is 0 Å². The topological polar surface area (TPSA) is 44.4 Å². The zero-order valence-corrected chi connectivity index (χ0v) is 11.6. The Kier molecular flexibility index (Phi) is 5.07. The molecule has 1 aromatic rings. The number of nitrogens with one attached hydrogen (secondary N) is 2. The Morgan fingerprint density at radius 3 is 2.53 bits per heavy atom. The summed E-state index contributed by atoms with van der Waals surface area (Å²) < 4.78 is 0. The van der Waals surface area contributed by atoms with Gasteiger partial charge in [-0.15, -0.1) is 0 Å². The lowest BCUT2D eigenvalue weighted by Crippen LogP contribution is -2.29. The van der Waals surface area contributed by atoms with Gasteiger partial charge in [0.2, 0.25) is 0 Å². The van der Waals surface area contributed by atoms with Gasteiger partial charge in [-0.05, 0) is 43.5 Å². The minimum atomic E-state index is -0.123. The summed E-state index contributed by atoms with van der Waals surface area (Å²) >= 11 is 0. The number of anilines is 2. The van der Waals surface area contributed by atoms with E-state index in [0.717, 1.165) is 38.2 Å². The van der Waals surface area contributed by atoms with Crippen molar-refractivity contribution in [1.29, 1.82) is 0 Å². The first-order valence-electron chi connectivity index (χ1n) is 7.19. The molecule has 4 heteroatoms. The molecule has 1 aromatic carbocycles. The first-order chi connectivity index (χ1) is 9.29. The van der Waals surface area contributed by atoms with Crippen LogP contribution in [0.2, 0.25) is 0 Å². The molecule has 2 rings (SSSR count). The summed E-state index contributed by atoms with van der Waals surface area (Å²) in [4.78, 5) is 14.0. The number of amides is 2. The van der Waals surface area contributed by atoms with Crippen molar-refractivity contribution in [3.63, 3.8) is 0 Å². The maximum atomic E-state index is 11.6. The molecule has 1 fully saturated rings. The van der Waals surface area contributed by atoms with Crippen LogP contribution in [0.15, 0.2) is 24.3 Å². The van der Waals surface area contributed by atoms with E-state index in [4.69, 9.17) is 0 Å². The molecule has 0 aromatic heterocycles. The van der Waals surface area contributed by atoms with Crippen LogP contribution in [-0.2, 0) is 0 Å². The first kappa shape index (κ1) is 13.7. The van der Waals surface area contributed by atoms with Crippen molar-refractivity contribution in [3.8, 4) is 0 Å². The van der Waals surface area contributed by atoms with Crippen molar-refractivity contribution in [3.05, 3.63) is 24.3 Å². The van der Waals surface area contributed by atoms with Crippen molar-refractivity contribution in [1.82, 2.24) is 5.32 Å². The number of nitrogens with zero attached hydrogens (tertiary/aromatic N) is 1. The van der Waals surface area contributed by atoms with Crippen molar-refractivity contribution < 1.29 is 4.79 Å². The van der Waals surface area contributed by atoms with Crippen molar-refractivity contribution in [2.45, 2.75) is 32.6 Å². The van der Waals surface area contributed by atoms with Gasteiger partial charge >= 0.3 is 6.03 Å². The molecule has 0 radical (unpaired) electrons. The highest BCUT2D eigenvalue weighted by atomic mass is 16.2. The fourth-order valence-electron chi connectivity index (χ4n) is 2.28. The number of carbonyl (C=O) groups excluding carboxylic acids is 1. The molecule has 0 bridgehead atoms. The third-order valence-electron chi connectivity index (χ3n) is 3.41. The Bertz CT molecular complexity index is 396. The average molecular weight is 261 g/mol.